The lowest BCUT2D eigenvalue weighted by Gasteiger charge is -2.04. The number of hydrogen-bond acceptors (Lipinski definition) is 4. The number of benzene rings is 2. The van der Waals surface area contributed by atoms with Crippen molar-refractivity contribution in [3.05, 3.63) is 66.2 Å². The summed E-state index contributed by atoms with van der Waals surface area (Å²) in [5.41, 5.74) is 1.66. The molecular weight excluding hydrogens is 240 g/mol. The molecule has 0 heterocycles. The molecule has 0 aromatic heterocycles. The Kier molecular flexibility index (Phi) is 4.29. The Morgan fingerprint density at radius 1 is 0.947 bits per heavy atom. The molecule has 2 aromatic carbocycles. The summed E-state index contributed by atoms with van der Waals surface area (Å²) in [6.07, 6.45) is 0. The van der Waals surface area contributed by atoms with Gasteiger partial charge in [-0.15, -0.1) is 0 Å². The first kappa shape index (κ1) is 12.8. The van der Waals surface area contributed by atoms with E-state index in [1.165, 1.54) is 0 Å². The molecule has 19 heavy (non-hydrogen) atoms. The molecule has 0 aliphatic rings. The van der Waals surface area contributed by atoms with Gasteiger partial charge in [0.2, 0.25) is 0 Å². The largest absolute Gasteiger partial charge is 0.410 e. The standard InChI is InChI=1S/C15H14N2O2/c1-12(17-19-14-10-6-3-7-11-14)15(16-18)13-8-4-2-5-9-13/h2-11,18H,1H3/b16-15+,17-12-. The van der Waals surface area contributed by atoms with Gasteiger partial charge >= 0.3 is 0 Å². The smallest absolute Gasteiger partial charge is 0.157 e. The first-order valence-electron chi connectivity index (χ1n) is 5.86. The van der Waals surface area contributed by atoms with E-state index in [0.717, 1.165) is 5.56 Å². The van der Waals surface area contributed by atoms with Crippen molar-refractivity contribution in [2.45, 2.75) is 6.92 Å². The fourth-order valence-electron chi connectivity index (χ4n) is 1.58. The first-order chi connectivity index (χ1) is 9.31. The minimum absolute atomic E-state index is 0.386. The molecule has 0 bridgehead atoms. The normalized spacial score (nSPS) is 12.3. The van der Waals surface area contributed by atoms with Crippen molar-refractivity contribution in [3.63, 3.8) is 0 Å². The molecule has 0 radical (unpaired) electrons. The van der Waals surface area contributed by atoms with Crippen molar-refractivity contribution >= 4 is 11.4 Å². The van der Waals surface area contributed by atoms with Gasteiger partial charge in [0, 0.05) is 5.56 Å². The SMILES string of the molecule is CC(=N/Oc1ccccc1)/C(=N\O)c1ccccc1. The van der Waals surface area contributed by atoms with Crippen molar-refractivity contribution < 1.29 is 10.0 Å². The zero-order chi connectivity index (χ0) is 13.5. The lowest BCUT2D eigenvalue weighted by Crippen LogP contribution is -2.13. The molecule has 4 nitrogen and oxygen atoms in total. The van der Waals surface area contributed by atoms with E-state index in [2.05, 4.69) is 10.3 Å². The summed E-state index contributed by atoms with van der Waals surface area (Å²) in [7, 11) is 0. The molecule has 1 N–H and O–H groups in total. The minimum Gasteiger partial charge on any atom is -0.410 e. The van der Waals surface area contributed by atoms with Gasteiger partial charge in [0.25, 0.3) is 0 Å². The van der Waals surface area contributed by atoms with Crippen LogP contribution >= 0.6 is 0 Å². The Hall–Kier alpha value is -2.62. The fourth-order valence-corrected chi connectivity index (χ4v) is 1.58. The lowest BCUT2D eigenvalue weighted by atomic mass is 10.1. The van der Waals surface area contributed by atoms with Crippen molar-refractivity contribution in [2.75, 3.05) is 0 Å². The van der Waals surface area contributed by atoms with Crippen LogP contribution < -0.4 is 4.84 Å². The van der Waals surface area contributed by atoms with E-state index >= 15 is 0 Å². The van der Waals surface area contributed by atoms with Crippen LogP contribution in [-0.4, -0.2) is 16.6 Å². The summed E-state index contributed by atoms with van der Waals surface area (Å²) in [5, 5.41) is 16.3. The summed E-state index contributed by atoms with van der Waals surface area (Å²) in [6, 6.07) is 18.5. The Morgan fingerprint density at radius 2 is 1.53 bits per heavy atom. The monoisotopic (exact) mass is 254 g/mol. The molecular formula is C15H14N2O2. The van der Waals surface area contributed by atoms with Gasteiger partial charge < -0.3 is 10.0 Å². The minimum atomic E-state index is 0.386. The second kappa shape index (κ2) is 6.35. The van der Waals surface area contributed by atoms with Crippen molar-refractivity contribution in [1.29, 1.82) is 0 Å². The molecule has 0 aliphatic heterocycles. The van der Waals surface area contributed by atoms with Gasteiger partial charge in [-0.05, 0) is 19.1 Å². The van der Waals surface area contributed by atoms with Crippen molar-refractivity contribution in [2.24, 2.45) is 10.3 Å². The summed E-state index contributed by atoms with van der Waals surface area (Å²) in [5.74, 6) is 0.632. The van der Waals surface area contributed by atoms with E-state index in [4.69, 9.17) is 10.0 Å². The second-order valence-corrected chi connectivity index (χ2v) is 3.90. The zero-order valence-corrected chi connectivity index (χ0v) is 10.5. The van der Waals surface area contributed by atoms with Gasteiger partial charge in [0.15, 0.2) is 5.75 Å². The number of nitrogens with zero attached hydrogens (tertiary/aromatic N) is 2. The summed E-state index contributed by atoms with van der Waals surface area (Å²) in [4.78, 5) is 5.27. The highest BCUT2D eigenvalue weighted by molar-refractivity contribution is 6.47. The van der Waals surface area contributed by atoms with Crippen LogP contribution in [0.5, 0.6) is 5.75 Å². The molecule has 0 saturated heterocycles. The van der Waals surface area contributed by atoms with Crippen LogP contribution in [0.15, 0.2) is 71.0 Å². The van der Waals surface area contributed by atoms with Crippen LogP contribution in [0.4, 0.5) is 0 Å². The van der Waals surface area contributed by atoms with Gasteiger partial charge in [-0.25, -0.2) is 0 Å². The topological polar surface area (TPSA) is 54.2 Å². The molecule has 2 aromatic rings. The van der Waals surface area contributed by atoms with Crippen molar-refractivity contribution in [3.8, 4) is 5.75 Å². The zero-order valence-electron chi connectivity index (χ0n) is 10.5. The highest BCUT2D eigenvalue weighted by Crippen LogP contribution is 2.09. The average molecular weight is 254 g/mol. The molecule has 0 aliphatic carbocycles. The quantitative estimate of drug-likeness (QED) is 0.517. The van der Waals surface area contributed by atoms with Crippen LogP contribution in [-0.2, 0) is 0 Å². The number of para-hydroxylation sites is 1. The van der Waals surface area contributed by atoms with E-state index in [1.807, 2.05) is 48.5 Å². The third-order valence-corrected chi connectivity index (χ3v) is 2.52. The second-order valence-electron chi connectivity index (χ2n) is 3.90. The highest BCUT2D eigenvalue weighted by atomic mass is 16.6. The highest BCUT2D eigenvalue weighted by Gasteiger charge is 2.08. The predicted molar refractivity (Wildman–Crippen MR) is 74.9 cm³/mol. The van der Waals surface area contributed by atoms with Gasteiger partial charge in [0.05, 0.1) is 0 Å². The van der Waals surface area contributed by atoms with E-state index in [0.29, 0.717) is 17.2 Å². The maximum absolute atomic E-state index is 9.10. The van der Waals surface area contributed by atoms with Crippen LogP contribution in [0, 0.1) is 0 Å². The summed E-state index contributed by atoms with van der Waals surface area (Å²) < 4.78 is 0. The third-order valence-electron chi connectivity index (χ3n) is 2.52. The maximum atomic E-state index is 9.10. The van der Waals surface area contributed by atoms with Gasteiger partial charge in [-0.3, -0.25) is 0 Å². The summed E-state index contributed by atoms with van der Waals surface area (Å²) >= 11 is 0. The van der Waals surface area contributed by atoms with E-state index in [-0.39, 0.29) is 0 Å². The Labute approximate surface area is 111 Å². The maximum Gasteiger partial charge on any atom is 0.157 e. The average Bonchev–Trinajstić information content (AvgIpc) is 2.48. The Bertz CT molecular complexity index is 578. The fraction of sp³-hybridized carbons (Fsp3) is 0.0667. The predicted octanol–water partition coefficient (Wildman–Crippen LogP) is 3.32. The van der Waals surface area contributed by atoms with Crippen LogP contribution in [0.2, 0.25) is 0 Å². The Balaban J connectivity index is 2.16. The first-order valence-corrected chi connectivity index (χ1v) is 5.86. The van der Waals surface area contributed by atoms with Crippen LogP contribution in [0.3, 0.4) is 0 Å². The molecule has 0 amide bonds. The number of hydrogen-bond donors (Lipinski definition) is 1. The molecule has 2 rings (SSSR count). The van der Waals surface area contributed by atoms with Gasteiger partial charge in [0.1, 0.15) is 11.4 Å². The molecule has 0 unspecified atom stereocenters. The molecule has 0 atom stereocenters. The molecule has 0 fully saturated rings. The van der Waals surface area contributed by atoms with Gasteiger partial charge in [-0.1, -0.05) is 58.8 Å². The number of rotatable bonds is 4. The van der Waals surface area contributed by atoms with Crippen molar-refractivity contribution in [1.82, 2.24) is 0 Å². The van der Waals surface area contributed by atoms with Crippen LogP contribution in [0.1, 0.15) is 12.5 Å². The summed E-state index contributed by atoms with van der Waals surface area (Å²) in [6.45, 7) is 1.73. The van der Waals surface area contributed by atoms with E-state index in [1.54, 1.807) is 19.1 Å². The van der Waals surface area contributed by atoms with E-state index < -0.39 is 0 Å². The number of oxime groups is 2. The van der Waals surface area contributed by atoms with E-state index in [9.17, 15) is 0 Å². The molecule has 96 valence electrons. The van der Waals surface area contributed by atoms with Gasteiger partial charge in [-0.2, -0.15) is 0 Å². The molecule has 4 heteroatoms. The third kappa shape index (κ3) is 3.42. The lowest BCUT2D eigenvalue weighted by molar-refractivity contribution is 0.319. The Morgan fingerprint density at radius 3 is 2.11 bits per heavy atom. The molecule has 0 spiro atoms. The van der Waals surface area contributed by atoms with Crippen LogP contribution in [0.25, 0.3) is 0 Å². The molecule has 0 saturated carbocycles.